The molecular weight excluding hydrogens is 214 g/mol. The van der Waals surface area contributed by atoms with E-state index in [-0.39, 0.29) is 0 Å². The molecule has 0 bridgehead atoms. The Kier molecular flexibility index (Phi) is 3.54. The molecule has 90 valence electrons. The van der Waals surface area contributed by atoms with Crippen molar-refractivity contribution in [3.05, 3.63) is 35.7 Å². The highest BCUT2D eigenvalue weighted by Gasteiger charge is 2.10. The molecule has 0 amide bonds. The number of rotatable bonds is 4. The second-order valence-corrected chi connectivity index (χ2v) is 4.52. The topological polar surface area (TPSA) is 64.9 Å². The molecule has 0 saturated carbocycles. The molecule has 2 N–H and O–H groups in total. The van der Waals surface area contributed by atoms with Crippen LogP contribution in [0.2, 0.25) is 0 Å². The number of benzene rings is 1. The van der Waals surface area contributed by atoms with E-state index in [0.717, 1.165) is 23.4 Å². The van der Waals surface area contributed by atoms with Gasteiger partial charge in [-0.15, -0.1) is 0 Å². The summed E-state index contributed by atoms with van der Waals surface area (Å²) in [5.74, 6) is 1.85. The number of nitrogens with zero attached hydrogens (tertiary/aromatic N) is 2. The average Bonchev–Trinajstić information content (AvgIpc) is 2.77. The minimum atomic E-state index is 0.515. The van der Waals surface area contributed by atoms with Crippen molar-refractivity contribution in [2.45, 2.75) is 26.8 Å². The molecule has 2 aromatic rings. The van der Waals surface area contributed by atoms with Gasteiger partial charge in [-0.25, -0.2) is 0 Å². The first-order valence-electron chi connectivity index (χ1n) is 5.81. The van der Waals surface area contributed by atoms with E-state index >= 15 is 0 Å². The van der Waals surface area contributed by atoms with Crippen molar-refractivity contribution in [2.24, 2.45) is 11.7 Å². The van der Waals surface area contributed by atoms with E-state index in [1.165, 1.54) is 0 Å². The van der Waals surface area contributed by atoms with Gasteiger partial charge in [0.05, 0.1) is 0 Å². The Morgan fingerprint density at radius 3 is 2.88 bits per heavy atom. The van der Waals surface area contributed by atoms with Gasteiger partial charge in [-0.3, -0.25) is 0 Å². The standard InChI is InChI=1S/C13H17N3O/c1-9(2)6-12-15-13(17-16-12)11-5-3-4-10(7-11)8-14/h3-5,7,9H,6,8,14H2,1-2H3. The zero-order chi connectivity index (χ0) is 12.3. The maximum atomic E-state index is 5.60. The summed E-state index contributed by atoms with van der Waals surface area (Å²) in [6.07, 6.45) is 0.833. The van der Waals surface area contributed by atoms with Crippen LogP contribution in [-0.4, -0.2) is 10.1 Å². The minimum Gasteiger partial charge on any atom is -0.334 e. The molecule has 0 fully saturated rings. The molecular formula is C13H17N3O. The van der Waals surface area contributed by atoms with Crippen LogP contribution in [0.3, 0.4) is 0 Å². The molecule has 0 unspecified atom stereocenters. The predicted molar refractivity (Wildman–Crippen MR) is 66.2 cm³/mol. The van der Waals surface area contributed by atoms with Crippen molar-refractivity contribution >= 4 is 0 Å². The van der Waals surface area contributed by atoms with E-state index in [1.807, 2.05) is 24.3 Å². The molecule has 17 heavy (non-hydrogen) atoms. The fourth-order valence-electron chi connectivity index (χ4n) is 1.65. The third kappa shape index (κ3) is 2.91. The summed E-state index contributed by atoms with van der Waals surface area (Å²) >= 11 is 0. The van der Waals surface area contributed by atoms with Crippen LogP contribution in [0.1, 0.15) is 25.2 Å². The zero-order valence-electron chi connectivity index (χ0n) is 10.2. The SMILES string of the molecule is CC(C)Cc1noc(-c2cccc(CN)c2)n1. The van der Waals surface area contributed by atoms with Gasteiger partial charge in [0.2, 0.25) is 0 Å². The Balaban J connectivity index is 2.24. The van der Waals surface area contributed by atoms with Gasteiger partial charge in [-0.1, -0.05) is 31.1 Å². The Morgan fingerprint density at radius 2 is 2.18 bits per heavy atom. The number of hydrogen-bond acceptors (Lipinski definition) is 4. The quantitative estimate of drug-likeness (QED) is 0.877. The number of nitrogens with two attached hydrogens (primary N) is 1. The molecule has 0 radical (unpaired) electrons. The van der Waals surface area contributed by atoms with Gasteiger partial charge in [-0.05, 0) is 23.6 Å². The van der Waals surface area contributed by atoms with Crippen LogP contribution in [-0.2, 0) is 13.0 Å². The molecule has 1 heterocycles. The average molecular weight is 231 g/mol. The summed E-state index contributed by atoms with van der Waals surface area (Å²) in [5.41, 5.74) is 7.59. The highest BCUT2D eigenvalue weighted by Crippen LogP contribution is 2.19. The molecule has 2 rings (SSSR count). The molecule has 0 atom stereocenters. The lowest BCUT2D eigenvalue weighted by molar-refractivity contribution is 0.418. The molecule has 0 aliphatic carbocycles. The predicted octanol–water partition coefficient (Wildman–Crippen LogP) is 2.39. The van der Waals surface area contributed by atoms with Crippen LogP contribution < -0.4 is 5.73 Å². The molecule has 0 aliphatic rings. The lowest BCUT2D eigenvalue weighted by atomic mass is 10.1. The monoisotopic (exact) mass is 231 g/mol. The first-order chi connectivity index (χ1) is 8.19. The number of aromatic nitrogens is 2. The lowest BCUT2D eigenvalue weighted by Crippen LogP contribution is -1.96. The summed E-state index contributed by atoms with van der Waals surface area (Å²) in [4.78, 5) is 4.38. The number of hydrogen-bond donors (Lipinski definition) is 1. The smallest absolute Gasteiger partial charge is 0.257 e. The van der Waals surface area contributed by atoms with Crippen molar-refractivity contribution in [2.75, 3.05) is 0 Å². The second kappa shape index (κ2) is 5.10. The van der Waals surface area contributed by atoms with Crippen LogP contribution in [0.15, 0.2) is 28.8 Å². The highest BCUT2D eigenvalue weighted by molar-refractivity contribution is 5.53. The fraction of sp³-hybridized carbons (Fsp3) is 0.385. The third-order valence-electron chi connectivity index (χ3n) is 2.47. The van der Waals surface area contributed by atoms with Crippen LogP contribution >= 0.6 is 0 Å². The van der Waals surface area contributed by atoms with Crippen molar-refractivity contribution in [1.29, 1.82) is 0 Å². The van der Waals surface area contributed by atoms with Crippen LogP contribution in [0, 0.1) is 5.92 Å². The van der Waals surface area contributed by atoms with Gasteiger partial charge < -0.3 is 10.3 Å². The Morgan fingerprint density at radius 1 is 1.35 bits per heavy atom. The van der Waals surface area contributed by atoms with Crippen molar-refractivity contribution in [1.82, 2.24) is 10.1 Å². The Hall–Kier alpha value is -1.68. The van der Waals surface area contributed by atoms with Crippen molar-refractivity contribution < 1.29 is 4.52 Å². The van der Waals surface area contributed by atoms with Crippen molar-refractivity contribution in [3.8, 4) is 11.5 Å². The van der Waals surface area contributed by atoms with Gasteiger partial charge in [0, 0.05) is 18.5 Å². The maximum absolute atomic E-state index is 5.60. The van der Waals surface area contributed by atoms with Gasteiger partial charge >= 0.3 is 0 Å². The Bertz CT molecular complexity index is 491. The first-order valence-corrected chi connectivity index (χ1v) is 5.81. The molecule has 0 saturated heterocycles. The van der Waals surface area contributed by atoms with Gasteiger partial charge in [-0.2, -0.15) is 4.98 Å². The van der Waals surface area contributed by atoms with Crippen LogP contribution in [0.5, 0.6) is 0 Å². The summed E-state index contributed by atoms with van der Waals surface area (Å²) in [7, 11) is 0. The molecule has 4 heteroatoms. The van der Waals surface area contributed by atoms with Gasteiger partial charge in [0.15, 0.2) is 5.82 Å². The lowest BCUT2D eigenvalue weighted by Gasteiger charge is -1.98. The van der Waals surface area contributed by atoms with Gasteiger partial charge in [0.1, 0.15) is 0 Å². The molecule has 1 aromatic heterocycles. The molecule has 1 aromatic carbocycles. The van der Waals surface area contributed by atoms with E-state index in [9.17, 15) is 0 Å². The summed E-state index contributed by atoms with van der Waals surface area (Å²) in [5, 5.41) is 3.97. The van der Waals surface area contributed by atoms with E-state index in [4.69, 9.17) is 10.3 Å². The summed E-state index contributed by atoms with van der Waals surface area (Å²) in [6, 6.07) is 7.86. The molecule has 4 nitrogen and oxygen atoms in total. The van der Waals surface area contributed by atoms with E-state index in [0.29, 0.717) is 18.4 Å². The summed E-state index contributed by atoms with van der Waals surface area (Å²) < 4.78 is 5.25. The van der Waals surface area contributed by atoms with E-state index < -0.39 is 0 Å². The zero-order valence-corrected chi connectivity index (χ0v) is 10.2. The fourth-order valence-corrected chi connectivity index (χ4v) is 1.65. The first kappa shape index (κ1) is 11.8. The molecule has 0 spiro atoms. The van der Waals surface area contributed by atoms with Crippen LogP contribution in [0.25, 0.3) is 11.5 Å². The van der Waals surface area contributed by atoms with E-state index in [1.54, 1.807) is 0 Å². The Labute approximate surface area is 101 Å². The van der Waals surface area contributed by atoms with Gasteiger partial charge in [0.25, 0.3) is 5.89 Å². The highest BCUT2D eigenvalue weighted by atomic mass is 16.5. The minimum absolute atomic E-state index is 0.515. The molecule has 0 aliphatic heterocycles. The summed E-state index contributed by atoms with van der Waals surface area (Å²) in [6.45, 7) is 4.77. The second-order valence-electron chi connectivity index (χ2n) is 4.52. The van der Waals surface area contributed by atoms with Crippen LogP contribution in [0.4, 0.5) is 0 Å². The maximum Gasteiger partial charge on any atom is 0.257 e. The third-order valence-corrected chi connectivity index (χ3v) is 2.47. The largest absolute Gasteiger partial charge is 0.334 e. The normalized spacial score (nSPS) is 11.1. The van der Waals surface area contributed by atoms with E-state index in [2.05, 4.69) is 24.0 Å². The van der Waals surface area contributed by atoms with Crippen molar-refractivity contribution in [3.63, 3.8) is 0 Å².